The average molecular weight is 375 g/mol. The second-order valence-corrected chi connectivity index (χ2v) is 9.06. The van der Waals surface area contributed by atoms with E-state index in [9.17, 15) is 16.8 Å². The van der Waals surface area contributed by atoms with Crippen molar-refractivity contribution < 1.29 is 16.8 Å². The second-order valence-electron chi connectivity index (χ2n) is 4.85. The van der Waals surface area contributed by atoms with Crippen LogP contribution >= 0.6 is 11.6 Å². The second kappa shape index (κ2) is 6.48. The predicted octanol–water partition coefficient (Wildman–Crippen LogP) is 2.39. The van der Waals surface area contributed by atoms with Gasteiger partial charge in [0.25, 0.3) is 10.0 Å². The molecule has 0 spiro atoms. The Balaban J connectivity index is 2.30. The van der Waals surface area contributed by atoms with Crippen LogP contribution < -0.4 is 4.72 Å². The average Bonchev–Trinajstić information content (AvgIpc) is 2.47. The van der Waals surface area contributed by atoms with Crippen molar-refractivity contribution in [2.75, 3.05) is 18.8 Å². The molecular weight excluding hydrogens is 360 g/mol. The number of sulfonamides is 2. The maximum Gasteiger partial charge on any atom is 0.263 e. The minimum absolute atomic E-state index is 0.0494. The van der Waals surface area contributed by atoms with Gasteiger partial charge in [-0.1, -0.05) is 23.7 Å². The molecule has 0 heterocycles. The number of nitrogens with zero attached hydrogens (tertiary/aromatic N) is 1. The monoisotopic (exact) mass is 374 g/mol. The topological polar surface area (TPSA) is 83.6 Å². The van der Waals surface area contributed by atoms with Crippen LogP contribution in [0.2, 0.25) is 5.02 Å². The molecule has 1 N–H and O–H groups in total. The van der Waals surface area contributed by atoms with E-state index >= 15 is 0 Å². The molecule has 0 aliphatic heterocycles. The van der Waals surface area contributed by atoms with Crippen LogP contribution in [0, 0.1) is 0 Å². The van der Waals surface area contributed by atoms with Crippen LogP contribution in [0.25, 0.3) is 0 Å². The SMILES string of the molecule is CN(C)S(=O)(=O)c1ccc(NS(=O)(=O)c2ccccc2Cl)cc1. The number of nitrogens with one attached hydrogen (secondary N) is 1. The highest BCUT2D eigenvalue weighted by Crippen LogP contribution is 2.24. The Kier molecular flexibility index (Phi) is 5.00. The van der Waals surface area contributed by atoms with Crippen molar-refractivity contribution in [3.8, 4) is 0 Å². The van der Waals surface area contributed by atoms with Gasteiger partial charge in [-0.3, -0.25) is 4.72 Å². The molecule has 0 unspecified atom stereocenters. The number of hydrogen-bond acceptors (Lipinski definition) is 4. The lowest BCUT2D eigenvalue weighted by molar-refractivity contribution is 0.521. The van der Waals surface area contributed by atoms with E-state index < -0.39 is 20.0 Å². The Bertz CT molecular complexity index is 908. The van der Waals surface area contributed by atoms with Gasteiger partial charge in [0.2, 0.25) is 10.0 Å². The first-order valence-electron chi connectivity index (χ1n) is 6.44. The predicted molar refractivity (Wildman–Crippen MR) is 89.6 cm³/mol. The minimum Gasteiger partial charge on any atom is -0.280 e. The van der Waals surface area contributed by atoms with Crippen molar-refractivity contribution in [1.29, 1.82) is 0 Å². The van der Waals surface area contributed by atoms with E-state index in [1.54, 1.807) is 12.1 Å². The van der Waals surface area contributed by atoms with Gasteiger partial charge < -0.3 is 0 Å². The zero-order valence-electron chi connectivity index (χ0n) is 12.4. The number of halogens is 1. The number of benzene rings is 2. The van der Waals surface area contributed by atoms with Gasteiger partial charge in [-0.05, 0) is 36.4 Å². The largest absolute Gasteiger partial charge is 0.280 e. The zero-order chi connectivity index (χ0) is 17.3. The molecule has 0 aliphatic rings. The zero-order valence-corrected chi connectivity index (χ0v) is 14.8. The van der Waals surface area contributed by atoms with E-state index in [-0.39, 0.29) is 20.5 Å². The van der Waals surface area contributed by atoms with Crippen LogP contribution in [0.15, 0.2) is 58.3 Å². The maximum absolute atomic E-state index is 12.3. The van der Waals surface area contributed by atoms with Crippen LogP contribution in [-0.4, -0.2) is 35.2 Å². The first-order chi connectivity index (χ1) is 10.6. The van der Waals surface area contributed by atoms with Gasteiger partial charge in [0.15, 0.2) is 0 Å². The lowest BCUT2D eigenvalue weighted by Gasteiger charge is -2.13. The molecule has 0 atom stereocenters. The van der Waals surface area contributed by atoms with Crippen LogP contribution in [-0.2, 0) is 20.0 Å². The van der Waals surface area contributed by atoms with Crippen LogP contribution in [0.1, 0.15) is 0 Å². The number of anilines is 1. The Hall–Kier alpha value is -1.61. The number of hydrogen-bond donors (Lipinski definition) is 1. The van der Waals surface area contributed by atoms with Gasteiger partial charge in [0.1, 0.15) is 4.90 Å². The van der Waals surface area contributed by atoms with Gasteiger partial charge >= 0.3 is 0 Å². The van der Waals surface area contributed by atoms with Crippen molar-refractivity contribution in [2.24, 2.45) is 0 Å². The summed E-state index contributed by atoms with van der Waals surface area (Å²) >= 11 is 5.89. The van der Waals surface area contributed by atoms with Crippen LogP contribution in [0.5, 0.6) is 0 Å². The molecule has 0 aromatic heterocycles. The molecule has 124 valence electrons. The van der Waals surface area contributed by atoms with E-state index in [0.29, 0.717) is 0 Å². The summed E-state index contributed by atoms with van der Waals surface area (Å²) in [6.45, 7) is 0. The fourth-order valence-electron chi connectivity index (χ4n) is 1.78. The van der Waals surface area contributed by atoms with Crippen molar-refractivity contribution in [1.82, 2.24) is 4.31 Å². The smallest absolute Gasteiger partial charge is 0.263 e. The fourth-order valence-corrected chi connectivity index (χ4v) is 4.26. The third-order valence-electron chi connectivity index (χ3n) is 3.01. The van der Waals surface area contributed by atoms with Crippen molar-refractivity contribution >= 4 is 37.3 Å². The van der Waals surface area contributed by atoms with E-state index in [4.69, 9.17) is 11.6 Å². The molecule has 0 amide bonds. The summed E-state index contributed by atoms with van der Waals surface area (Å²) in [4.78, 5) is 0.0230. The minimum atomic E-state index is -3.85. The molecule has 0 saturated carbocycles. The molecule has 6 nitrogen and oxygen atoms in total. The molecule has 23 heavy (non-hydrogen) atoms. The van der Waals surface area contributed by atoms with Crippen molar-refractivity contribution in [3.05, 3.63) is 53.6 Å². The highest BCUT2D eigenvalue weighted by atomic mass is 35.5. The summed E-state index contributed by atoms with van der Waals surface area (Å²) in [6.07, 6.45) is 0. The molecule has 0 aliphatic carbocycles. The molecule has 0 saturated heterocycles. The summed E-state index contributed by atoms with van der Waals surface area (Å²) in [7, 11) is -4.57. The number of rotatable bonds is 5. The maximum atomic E-state index is 12.3. The normalized spacial score (nSPS) is 12.3. The third-order valence-corrected chi connectivity index (χ3v) is 6.72. The molecule has 9 heteroatoms. The van der Waals surface area contributed by atoms with Gasteiger partial charge in [0, 0.05) is 19.8 Å². The summed E-state index contributed by atoms with van der Waals surface area (Å²) < 4.78 is 52.0. The molecule has 0 bridgehead atoms. The molecule has 2 aromatic rings. The quantitative estimate of drug-likeness (QED) is 0.870. The van der Waals surface area contributed by atoms with Gasteiger partial charge in [-0.25, -0.2) is 21.1 Å². The Morgan fingerprint density at radius 1 is 0.913 bits per heavy atom. The highest BCUT2D eigenvalue weighted by Gasteiger charge is 2.19. The molecular formula is C14H15ClN2O4S2. The highest BCUT2D eigenvalue weighted by molar-refractivity contribution is 7.92. The lowest BCUT2D eigenvalue weighted by Crippen LogP contribution is -2.22. The van der Waals surface area contributed by atoms with E-state index in [2.05, 4.69) is 4.72 Å². The first-order valence-corrected chi connectivity index (χ1v) is 9.74. The molecule has 0 radical (unpaired) electrons. The van der Waals surface area contributed by atoms with E-state index in [1.165, 1.54) is 50.5 Å². The van der Waals surface area contributed by atoms with Crippen molar-refractivity contribution in [2.45, 2.75) is 9.79 Å². The molecule has 2 aromatic carbocycles. The third kappa shape index (κ3) is 3.84. The summed E-state index contributed by atoms with van der Waals surface area (Å²) in [5.41, 5.74) is 0.239. The standard InChI is InChI=1S/C14H15ClN2O4S2/c1-17(2)23(20,21)12-9-7-11(8-10-12)16-22(18,19)14-6-4-3-5-13(14)15/h3-10,16H,1-2H3. The van der Waals surface area contributed by atoms with E-state index in [1.807, 2.05) is 0 Å². The van der Waals surface area contributed by atoms with Crippen molar-refractivity contribution in [3.63, 3.8) is 0 Å². The Morgan fingerprint density at radius 2 is 1.48 bits per heavy atom. The van der Waals surface area contributed by atoms with Crippen LogP contribution in [0.3, 0.4) is 0 Å². The molecule has 2 rings (SSSR count). The summed E-state index contributed by atoms with van der Waals surface area (Å²) in [5.74, 6) is 0. The fraction of sp³-hybridized carbons (Fsp3) is 0.143. The Morgan fingerprint density at radius 3 is 2.00 bits per heavy atom. The Labute approximate surface area is 140 Å². The summed E-state index contributed by atoms with van der Waals surface area (Å²) in [6, 6.07) is 11.5. The van der Waals surface area contributed by atoms with Gasteiger partial charge in [0.05, 0.1) is 9.92 Å². The summed E-state index contributed by atoms with van der Waals surface area (Å²) in [5, 5.41) is 0.104. The van der Waals surface area contributed by atoms with Gasteiger partial charge in [-0.15, -0.1) is 0 Å². The van der Waals surface area contributed by atoms with Gasteiger partial charge in [-0.2, -0.15) is 0 Å². The first kappa shape index (κ1) is 17.7. The molecule has 0 fully saturated rings. The van der Waals surface area contributed by atoms with E-state index in [0.717, 1.165) is 4.31 Å². The van der Waals surface area contributed by atoms with Crippen LogP contribution in [0.4, 0.5) is 5.69 Å². The lowest BCUT2D eigenvalue weighted by atomic mass is 10.3.